The van der Waals surface area contributed by atoms with E-state index in [-0.39, 0.29) is 17.9 Å². The van der Waals surface area contributed by atoms with Gasteiger partial charge in [-0.1, -0.05) is 11.3 Å². The first-order chi connectivity index (χ1) is 10.1. The third kappa shape index (κ3) is 2.85. The Balaban J connectivity index is 1.73. The molecule has 1 aromatic heterocycles. The molecule has 0 aromatic carbocycles. The summed E-state index contributed by atoms with van der Waals surface area (Å²) in [7, 11) is 0. The SMILES string of the molecule is CC(O)C1CCN(C(=O)c2sc(N3CCCC3)nc2N)C1. The second-order valence-electron chi connectivity index (χ2n) is 5.95. The molecule has 2 saturated heterocycles. The molecule has 0 saturated carbocycles. The van der Waals surface area contributed by atoms with Crippen LogP contribution in [0.2, 0.25) is 0 Å². The molecule has 3 heterocycles. The van der Waals surface area contributed by atoms with Gasteiger partial charge in [0.25, 0.3) is 5.91 Å². The van der Waals surface area contributed by atoms with Crippen molar-refractivity contribution in [1.82, 2.24) is 9.88 Å². The van der Waals surface area contributed by atoms with E-state index >= 15 is 0 Å². The molecule has 2 unspecified atom stereocenters. The van der Waals surface area contributed by atoms with Crippen LogP contribution in [0.25, 0.3) is 0 Å². The highest BCUT2D eigenvalue weighted by atomic mass is 32.1. The minimum Gasteiger partial charge on any atom is -0.393 e. The normalized spacial score (nSPS) is 23.8. The maximum atomic E-state index is 12.6. The molecule has 21 heavy (non-hydrogen) atoms. The van der Waals surface area contributed by atoms with E-state index in [1.54, 1.807) is 11.8 Å². The fourth-order valence-corrected chi connectivity index (χ4v) is 4.03. The second kappa shape index (κ2) is 5.81. The molecule has 6 nitrogen and oxygen atoms in total. The Labute approximate surface area is 128 Å². The van der Waals surface area contributed by atoms with Crippen LogP contribution in [-0.4, -0.2) is 53.2 Å². The highest BCUT2D eigenvalue weighted by molar-refractivity contribution is 7.18. The first kappa shape index (κ1) is 14.6. The Morgan fingerprint density at radius 3 is 2.76 bits per heavy atom. The van der Waals surface area contributed by atoms with Crippen molar-refractivity contribution in [2.75, 3.05) is 36.8 Å². The lowest BCUT2D eigenvalue weighted by Crippen LogP contribution is -2.30. The van der Waals surface area contributed by atoms with Crippen molar-refractivity contribution < 1.29 is 9.90 Å². The van der Waals surface area contributed by atoms with E-state index in [0.29, 0.717) is 23.8 Å². The fourth-order valence-electron chi connectivity index (χ4n) is 3.03. The van der Waals surface area contributed by atoms with Gasteiger partial charge in [0.05, 0.1) is 6.10 Å². The number of nitrogens with two attached hydrogens (primary N) is 1. The van der Waals surface area contributed by atoms with E-state index in [2.05, 4.69) is 9.88 Å². The van der Waals surface area contributed by atoms with Crippen molar-refractivity contribution >= 4 is 28.2 Å². The van der Waals surface area contributed by atoms with E-state index in [9.17, 15) is 9.90 Å². The summed E-state index contributed by atoms with van der Waals surface area (Å²) < 4.78 is 0. The zero-order valence-electron chi connectivity index (χ0n) is 12.3. The van der Waals surface area contributed by atoms with Gasteiger partial charge < -0.3 is 20.6 Å². The van der Waals surface area contributed by atoms with E-state index in [1.165, 1.54) is 24.2 Å². The van der Waals surface area contributed by atoms with Crippen molar-refractivity contribution in [3.63, 3.8) is 0 Å². The fraction of sp³-hybridized carbons (Fsp3) is 0.714. The van der Waals surface area contributed by atoms with Crippen molar-refractivity contribution in [3.8, 4) is 0 Å². The van der Waals surface area contributed by atoms with Crippen molar-refractivity contribution in [1.29, 1.82) is 0 Å². The number of aromatic nitrogens is 1. The van der Waals surface area contributed by atoms with Crippen LogP contribution in [0.1, 0.15) is 35.9 Å². The Kier molecular flexibility index (Phi) is 4.03. The molecule has 3 N–H and O–H groups in total. The van der Waals surface area contributed by atoms with Crippen molar-refractivity contribution in [3.05, 3.63) is 4.88 Å². The molecule has 7 heteroatoms. The molecule has 2 atom stereocenters. The van der Waals surface area contributed by atoms with E-state index in [0.717, 1.165) is 24.6 Å². The summed E-state index contributed by atoms with van der Waals surface area (Å²) in [6, 6.07) is 0. The average Bonchev–Trinajstić information content (AvgIpc) is 3.18. The molecule has 1 amide bonds. The van der Waals surface area contributed by atoms with Gasteiger partial charge in [0.2, 0.25) is 0 Å². The zero-order valence-corrected chi connectivity index (χ0v) is 13.1. The molecule has 0 radical (unpaired) electrons. The van der Waals surface area contributed by atoms with Crippen LogP contribution in [-0.2, 0) is 0 Å². The summed E-state index contributed by atoms with van der Waals surface area (Å²) in [4.78, 5) is 21.5. The van der Waals surface area contributed by atoms with Gasteiger partial charge in [0, 0.05) is 32.1 Å². The molecule has 2 aliphatic heterocycles. The van der Waals surface area contributed by atoms with Gasteiger partial charge in [-0.25, -0.2) is 4.98 Å². The van der Waals surface area contributed by atoms with Gasteiger partial charge in [-0.3, -0.25) is 4.79 Å². The van der Waals surface area contributed by atoms with Crippen LogP contribution in [0, 0.1) is 5.92 Å². The third-order valence-electron chi connectivity index (χ3n) is 4.41. The zero-order chi connectivity index (χ0) is 15.0. The molecule has 0 aliphatic carbocycles. The van der Waals surface area contributed by atoms with Crippen LogP contribution in [0.3, 0.4) is 0 Å². The molecule has 1 aromatic rings. The summed E-state index contributed by atoms with van der Waals surface area (Å²) in [5.74, 6) is 0.465. The number of nitrogens with zero attached hydrogens (tertiary/aromatic N) is 3. The number of aliphatic hydroxyl groups is 1. The van der Waals surface area contributed by atoms with Crippen LogP contribution in [0.4, 0.5) is 10.9 Å². The van der Waals surface area contributed by atoms with Crippen molar-refractivity contribution in [2.24, 2.45) is 5.92 Å². The quantitative estimate of drug-likeness (QED) is 0.875. The van der Waals surface area contributed by atoms with Gasteiger partial charge in [-0.2, -0.15) is 0 Å². The van der Waals surface area contributed by atoms with Crippen LogP contribution < -0.4 is 10.6 Å². The Morgan fingerprint density at radius 2 is 2.14 bits per heavy atom. The maximum absolute atomic E-state index is 12.6. The van der Waals surface area contributed by atoms with Crippen molar-refractivity contribution in [2.45, 2.75) is 32.3 Å². The van der Waals surface area contributed by atoms with E-state index in [4.69, 9.17) is 5.73 Å². The smallest absolute Gasteiger partial charge is 0.267 e. The molecule has 0 spiro atoms. The number of likely N-dealkylation sites (tertiary alicyclic amines) is 1. The standard InChI is InChI=1S/C14H22N4O2S/c1-9(19)10-4-7-18(8-10)13(20)11-12(15)16-14(21-11)17-5-2-3-6-17/h9-10,19H,2-8,15H2,1H3. The number of rotatable bonds is 3. The predicted molar refractivity (Wildman–Crippen MR) is 83.7 cm³/mol. The minimum atomic E-state index is -0.373. The molecule has 2 aliphatic rings. The first-order valence-corrected chi connectivity index (χ1v) is 8.36. The largest absolute Gasteiger partial charge is 0.393 e. The van der Waals surface area contributed by atoms with Crippen LogP contribution in [0.15, 0.2) is 0 Å². The lowest BCUT2D eigenvalue weighted by atomic mass is 10.0. The topological polar surface area (TPSA) is 82.7 Å². The summed E-state index contributed by atoms with van der Waals surface area (Å²) in [5, 5.41) is 10.5. The summed E-state index contributed by atoms with van der Waals surface area (Å²) >= 11 is 1.40. The lowest BCUT2D eigenvalue weighted by molar-refractivity contribution is 0.0768. The minimum absolute atomic E-state index is 0.0430. The number of carbonyl (C=O) groups is 1. The van der Waals surface area contributed by atoms with Crippen LogP contribution in [0.5, 0.6) is 0 Å². The van der Waals surface area contributed by atoms with Gasteiger partial charge in [-0.15, -0.1) is 0 Å². The highest BCUT2D eigenvalue weighted by Crippen LogP contribution is 2.32. The summed E-state index contributed by atoms with van der Waals surface area (Å²) in [6.07, 6.45) is 2.82. The number of nitrogen functional groups attached to an aromatic ring is 1. The summed E-state index contributed by atoms with van der Waals surface area (Å²) in [5.41, 5.74) is 5.95. The molecule has 2 fully saturated rings. The number of hydrogen-bond donors (Lipinski definition) is 2. The third-order valence-corrected chi connectivity index (χ3v) is 5.53. The monoisotopic (exact) mass is 310 g/mol. The van der Waals surface area contributed by atoms with E-state index < -0.39 is 0 Å². The number of thiazole rings is 1. The van der Waals surface area contributed by atoms with Crippen LogP contribution >= 0.6 is 11.3 Å². The number of carbonyl (C=O) groups excluding carboxylic acids is 1. The number of aliphatic hydroxyl groups excluding tert-OH is 1. The number of amides is 1. The number of hydrogen-bond acceptors (Lipinski definition) is 6. The average molecular weight is 310 g/mol. The van der Waals surface area contributed by atoms with Gasteiger partial charge in [0.15, 0.2) is 5.13 Å². The Morgan fingerprint density at radius 1 is 1.43 bits per heavy atom. The second-order valence-corrected chi connectivity index (χ2v) is 6.92. The van der Waals surface area contributed by atoms with Gasteiger partial charge in [0.1, 0.15) is 10.7 Å². The highest BCUT2D eigenvalue weighted by Gasteiger charge is 2.32. The summed E-state index contributed by atoms with van der Waals surface area (Å²) in [6.45, 7) is 5.06. The molecule has 116 valence electrons. The molecule has 0 bridgehead atoms. The molecular formula is C14H22N4O2S. The lowest BCUT2D eigenvalue weighted by Gasteiger charge is -2.17. The first-order valence-electron chi connectivity index (χ1n) is 7.55. The maximum Gasteiger partial charge on any atom is 0.267 e. The molecule has 3 rings (SSSR count). The van der Waals surface area contributed by atoms with Gasteiger partial charge in [-0.05, 0) is 26.2 Å². The number of anilines is 2. The Hall–Kier alpha value is -1.34. The molecular weight excluding hydrogens is 288 g/mol. The Bertz CT molecular complexity index is 525. The van der Waals surface area contributed by atoms with E-state index in [1.807, 2.05) is 0 Å². The van der Waals surface area contributed by atoms with Gasteiger partial charge >= 0.3 is 0 Å². The predicted octanol–water partition coefficient (Wildman–Crippen LogP) is 1.17.